The van der Waals surface area contributed by atoms with E-state index in [2.05, 4.69) is 4.90 Å². The van der Waals surface area contributed by atoms with Gasteiger partial charge in [0.15, 0.2) is 0 Å². The Hall–Kier alpha value is 0.140. The summed E-state index contributed by atoms with van der Waals surface area (Å²) in [4.78, 5) is 2.24. The first-order valence-electron chi connectivity index (χ1n) is 4.87. The van der Waals surface area contributed by atoms with Crippen molar-refractivity contribution in [3.05, 3.63) is 0 Å². The quantitative estimate of drug-likeness (QED) is 0.755. The minimum Gasteiger partial charge on any atom is -0.329 e. The van der Waals surface area contributed by atoms with Gasteiger partial charge in [-0.15, -0.1) is 12.4 Å². The normalized spacial score (nSPS) is 34.6. The predicted molar refractivity (Wildman–Crippen MR) is 53.9 cm³/mol. The fourth-order valence-electron chi connectivity index (χ4n) is 2.02. The van der Waals surface area contributed by atoms with Crippen molar-refractivity contribution in [2.75, 3.05) is 19.6 Å². The number of nitrogens with zero attached hydrogens (tertiary/aromatic N) is 1. The van der Waals surface area contributed by atoms with Crippen LogP contribution in [0.3, 0.4) is 0 Å². The van der Waals surface area contributed by atoms with Crippen LogP contribution in [0, 0.1) is 5.92 Å². The van der Waals surface area contributed by atoms with E-state index in [1.807, 2.05) is 0 Å². The van der Waals surface area contributed by atoms with Crippen LogP contribution in [0.4, 0.5) is 4.39 Å². The van der Waals surface area contributed by atoms with Crippen LogP contribution in [0.2, 0.25) is 0 Å². The molecule has 0 spiro atoms. The fraction of sp³-hybridized carbons (Fsp3) is 1.00. The van der Waals surface area contributed by atoms with E-state index in [9.17, 15) is 4.39 Å². The number of alkyl halides is 1. The summed E-state index contributed by atoms with van der Waals surface area (Å²) >= 11 is 0. The van der Waals surface area contributed by atoms with Crippen molar-refractivity contribution in [2.24, 2.45) is 11.7 Å². The van der Waals surface area contributed by atoms with Gasteiger partial charge in [-0.2, -0.15) is 0 Å². The van der Waals surface area contributed by atoms with Crippen molar-refractivity contribution >= 4 is 12.4 Å². The first kappa shape index (κ1) is 11.2. The van der Waals surface area contributed by atoms with Crippen LogP contribution in [-0.4, -0.2) is 36.7 Å². The Labute approximate surface area is 85.1 Å². The van der Waals surface area contributed by atoms with Gasteiger partial charge in [-0.1, -0.05) is 0 Å². The van der Waals surface area contributed by atoms with E-state index in [4.69, 9.17) is 5.73 Å². The smallest absolute Gasteiger partial charge is 0.114 e. The van der Waals surface area contributed by atoms with Gasteiger partial charge in [0.25, 0.3) is 0 Å². The van der Waals surface area contributed by atoms with Crippen LogP contribution < -0.4 is 5.73 Å². The van der Waals surface area contributed by atoms with Gasteiger partial charge in [0.05, 0.1) is 0 Å². The maximum absolute atomic E-state index is 13.0. The zero-order valence-electron chi connectivity index (χ0n) is 7.79. The first-order valence-corrected chi connectivity index (χ1v) is 4.87. The maximum Gasteiger partial charge on any atom is 0.114 e. The summed E-state index contributed by atoms with van der Waals surface area (Å²) in [5, 5.41) is 0. The third-order valence-corrected chi connectivity index (χ3v) is 2.94. The molecule has 1 saturated heterocycles. The highest BCUT2D eigenvalue weighted by Gasteiger charge is 2.34. The van der Waals surface area contributed by atoms with Crippen molar-refractivity contribution in [3.8, 4) is 0 Å². The minimum atomic E-state index is -0.628. The molecule has 0 bridgehead atoms. The Morgan fingerprint density at radius 1 is 1.38 bits per heavy atom. The zero-order valence-corrected chi connectivity index (χ0v) is 8.60. The molecule has 1 saturated carbocycles. The van der Waals surface area contributed by atoms with Crippen LogP contribution >= 0.6 is 12.4 Å². The first-order chi connectivity index (χ1) is 5.79. The lowest BCUT2D eigenvalue weighted by Gasteiger charge is -2.22. The summed E-state index contributed by atoms with van der Waals surface area (Å²) in [5.41, 5.74) is 5.57. The second-order valence-corrected chi connectivity index (χ2v) is 4.12. The van der Waals surface area contributed by atoms with E-state index in [-0.39, 0.29) is 12.4 Å². The lowest BCUT2D eigenvalue weighted by Crippen LogP contribution is -2.36. The van der Waals surface area contributed by atoms with E-state index in [1.165, 1.54) is 12.8 Å². The van der Waals surface area contributed by atoms with Crippen molar-refractivity contribution in [2.45, 2.75) is 31.5 Å². The zero-order chi connectivity index (χ0) is 8.55. The Morgan fingerprint density at radius 3 is 2.62 bits per heavy atom. The highest BCUT2D eigenvalue weighted by Crippen LogP contribution is 2.32. The molecule has 0 aromatic carbocycles. The van der Waals surface area contributed by atoms with Gasteiger partial charge < -0.3 is 5.73 Å². The molecule has 78 valence electrons. The molecule has 2 atom stereocenters. The molecule has 1 heterocycles. The van der Waals surface area contributed by atoms with Gasteiger partial charge in [0.1, 0.15) is 6.17 Å². The van der Waals surface area contributed by atoms with Gasteiger partial charge in [-0.3, -0.25) is 4.90 Å². The molecule has 0 unspecified atom stereocenters. The van der Waals surface area contributed by atoms with Crippen molar-refractivity contribution in [1.29, 1.82) is 0 Å². The number of nitrogens with two attached hydrogens (primary N) is 1. The Balaban J connectivity index is 0.000000845. The molecule has 4 heteroatoms. The Morgan fingerprint density at radius 2 is 2.08 bits per heavy atom. The lowest BCUT2D eigenvalue weighted by molar-refractivity contribution is 0.237. The molecule has 2 nitrogen and oxygen atoms in total. The molecule has 0 aromatic rings. The molecular weight excluding hydrogens is 191 g/mol. The van der Waals surface area contributed by atoms with Gasteiger partial charge in [0.2, 0.25) is 0 Å². The molecule has 2 fully saturated rings. The Bertz CT molecular complexity index is 164. The molecule has 1 aliphatic carbocycles. The third-order valence-electron chi connectivity index (χ3n) is 2.94. The summed E-state index contributed by atoms with van der Waals surface area (Å²) in [5.74, 6) is 0.851. The van der Waals surface area contributed by atoms with Crippen LogP contribution in [0.5, 0.6) is 0 Å². The summed E-state index contributed by atoms with van der Waals surface area (Å²) in [6.07, 6.45) is 2.70. The number of likely N-dealkylation sites (tertiary alicyclic amines) is 1. The Kier molecular flexibility index (Phi) is 3.95. The summed E-state index contributed by atoms with van der Waals surface area (Å²) < 4.78 is 13.0. The average molecular weight is 209 g/mol. The minimum absolute atomic E-state index is 0. The maximum atomic E-state index is 13.0. The van der Waals surface area contributed by atoms with E-state index in [0.717, 1.165) is 12.5 Å². The van der Waals surface area contributed by atoms with Crippen LogP contribution in [0.15, 0.2) is 0 Å². The fourth-order valence-corrected chi connectivity index (χ4v) is 2.02. The molecular formula is C9H18ClFN2. The molecule has 2 aliphatic rings. The molecule has 1 aliphatic heterocycles. The SMILES string of the molecule is Cl.NC[C@@H]1C[C@H](F)CN1CC1CC1. The molecule has 2 N–H and O–H groups in total. The summed E-state index contributed by atoms with van der Waals surface area (Å²) in [6.45, 7) is 2.33. The van der Waals surface area contributed by atoms with Crippen LogP contribution in [-0.2, 0) is 0 Å². The van der Waals surface area contributed by atoms with E-state index in [1.54, 1.807) is 0 Å². The largest absolute Gasteiger partial charge is 0.329 e. The summed E-state index contributed by atoms with van der Waals surface area (Å²) in [7, 11) is 0. The highest BCUT2D eigenvalue weighted by molar-refractivity contribution is 5.85. The topological polar surface area (TPSA) is 29.3 Å². The van der Waals surface area contributed by atoms with E-state index >= 15 is 0 Å². The molecule has 2 rings (SSSR count). The second-order valence-electron chi connectivity index (χ2n) is 4.12. The number of hydrogen-bond donors (Lipinski definition) is 1. The standard InChI is InChI=1S/C9H17FN2.ClH/c10-8-3-9(4-11)12(6-8)5-7-1-2-7;/h7-9H,1-6,11H2;1H/t8-,9-;/m0./s1. The monoisotopic (exact) mass is 208 g/mol. The summed E-state index contributed by atoms with van der Waals surface area (Å²) in [6, 6.07) is 0.320. The lowest BCUT2D eigenvalue weighted by atomic mass is 10.2. The van der Waals surface area contributed by atoms with E-state index in [0.29, 0.717) is 25.6 Å². The average Bonchev–Trinajstić information content (AvgIpc) is 2.76. The van der Waals surface area contributed by atoms with Crippen molar-refractivity contribution in [3.63, 3.8) is 0 Å². The van der Waals surface area contributed by atoms with Crippen molar-refractivity contribution in [1.82, 2.24) is 4.90 Å². The van der Waals surface area contributed by atoms with Gasteiger partial charge in [-0.05, 0) is 25.2 Å². The van der Waals surface area contributed by atoms with E-state index < -0.39 is 6.17 Å². The second kappa shape index (κ2) is 4.58. The third kappa shape index (κ3) is 2.79. The molecule has 13 heavy (non-hydrogen) atoms. The van der Waals surface area contributed by atoms with Crippen LogP contribution in [0.25, 0.3) is 0 Å². The molecule has 0 aromatic heterocycles. The van der Waals surface area contributed by atoms with Gasteiger partial charge in [-0.25, -0.2) is 4.39 Å². The number of halogens is 2. The highest BCUT2D eigenvalue weighted by atomic mass is 35.5. The van der Waals surface area contributed by atoms with Gasteiger partial charge >= 0.3 is 0 Å². The van der Waals surface area contributed by atoms with Crippen molar-refractivity contribution < 1.29 is 4.39 Å². The van der Waals surface area contributed by atoms with Crippen LogP contribution in [0.1, 0.15) is 19.3 Å². The molecule has 0 radical (unpaired) electrons. The molecule has 0 amide bonds. The number of hydrogen-bond acceptors (Lipinski definition) is 2. The number of rotatable bonds is 3. The van der Waals surface area contributed by atoms with Gasteiger partial charge in [0, 0.05) is 25.7 Å². The predicted octanol–water partition coefficient (Wildman–Crippen LogP) is 1.19.